The van der Waals surface area contributed by atoms with Gasteiger partial charge in [0, 0.05) is 33.7 Å². The van der Waals surface area contributed by atoms with Crippen LogP contribution in [-0.4, -0.2) is 14.8 Å². The van der Waals surface area contributed by atoms with Crippen LogP contribution in [0.1, 0.15) is 16.0 Å². The number of rotatable bonds is 7. The van der Waals surface area contributed by atoms with Gasteiger partial charge in [-0.3, -0.25) is 4.57 Å². The number of hydrogen-bond donors (Lipinski definition) is 0. The fraction of sp³-hybridized carbons (Fsp3) is 0.167. The number of benzene rings is 2. The molecule has 3 nitrogen and oxygen atoms in total. The summed E-state index contributed by atoms with van der Waals surface area (Å²) in [5.41, 5.74) is 3.13. The van der Waals surface area contributed by atoms with Crippen LogP contribution in [0.2, 0.25) is 0 Å². The summed E-state index contributed by atoms with van der Waals surface area (Å²) < 4.78 is 41.0. The molecule has 8 heteroatoms. The second-order valence-electron chi connectivity index (χ2n) is 7.14. The largest absolute Gasteiger partial charge is 0.416 e. The number of thioether (sulfide) groups is 1. The molecule has 164 valence electrons. The lowest BCUT2D eigenvalue weighted by molar-refractivity contribution is -0.137. The van der Waals surface area contributed by atoms with E-state index in [1.54, 1.807) is 23.5 Å². The fourth-order valence-electron chi connectivity index (χ4n) is 3.46. The van der Waals surface area contributed by atoms with E-state index >= 15 is 0 Å². The first-order valence-corrected chi connectivity index (χ1v) is 11.7. The van der Waals surface area contributed by atoms with Gasteiger partial charge < -0.3 is 0 Å². The van der Waals surface area contributed by atoms with E-state index < -0.39 is 11.7 Å². The summed E-state index contributed by atoms with van der Waals surface area (Å²) in [6.07, 6.45) is -2.59. The van der Waals surface area contributed by atoms with Crippen molar-refractivity contribution in [1.29, 1.82) is 0 Å². The fourth-order valence-corrected chi connectivity index (χ4v) is 5.21. The van der Waals surface area contributed by atoms with Gasteiger partial charge in [0.2, 0.25) is 0 Å². The van der Waals surface area contributed by atoms with Crippen LogP contribution in [0.4, 0.5) is 13.2 Å². The first kappa shape index (κ1) is 22.4. The van der Waals surface area contributed by atoms with Gasteiger partial charge >= 0.3 is 6.18 Å². The molecule has 4 aromatic rings. The van der Waals surface area contributed by atoms with Gasteiger partial charge in [-0.05, 0) is 24.1 Å². The molecule has 32 heavy (non-hydrogen) atoms. The van der Waals surface area contributed by atoms with Gasteiger partial charge in [0.1, 0.15) is 0 Å². The van der Waals surface area contributed by atoms with Gasteiger partial charge in [0.05, 0.1) is 5.56 Å². The van der Waals surface area contributed by atoms with E-state index in [0.29, 0.717) is 23.0 Å². The molecular formula is C24H20F3N3S2. The smallest absolute Gasteiger partial charge is 0.298 e. The van der Waals surface area contributed by atoms with Crippen molar-refractivity contribution < 1.29 is 13.2 Å². The van der Waals surface area contributed by atoms with E-state index in [-0.39, 0.29) is 0 Å². The molecule has 0 aliphatic rings. The minimum absolute atomic E-state index is 0.355. The highest BCUT2D eigenvalue weighted by Gasteiger charge is 2.30. The van der Waals surface area contributed by atoms with Crippen molar-refractivity contribution in [1.82, 2.24) is 14.8 Å². The number of aryl methyl sites for hydroxylation is 1. The Morgan fingerprint density at radius 3 is 2.59 bits per heavy atom. The number of nitrogens with zero attached hydrogens (tertiary/aromatic N) is 3. The average molecular weight is 472 g/mol. The number of alkyl halides is 3. The molecule has 0 radical (unpaired) electrons. The molecule has 2 aromatic carbocycles. The first-order chi connectivity index (χ1) is 15.4. The summed E-state index contributed by atoms with van der Waals surface area (Å²) >= 11 is 3.01. The average Bonchev–Trinajstić information content (AvgIpc) is 3.35. The van der Waals surface area contributed by atoms with Gasteiger partial charge in [-0.15, -0.1) is 28.1 Å². The Bertz CT molecular complexity index is 1230. The van der Waals surface area contributed by atoms with Crippen molar-refractivity contribution in [3.05, 3.63) is 88.6 Å². The maximum absolute atomic E-state index is 13.0. The van der Waals surface area contributed by atoms with E-state index in [0.717, 1.165) is 28.6 Å². The topological polar surface area (TPSA) is 30.7 Å². The van der Waals surface area contributed by atoms with E-state index in [2.05, 4.69) is 41.2 Å². The lowest BCUT2D eigenvalue weighted by Gasteiger charge is -2.10. The predicted octanol–water partition coefficient (Wildman–Crippen LogP) is 7.48. The lowest BCUT2D eigenvalue weighted by Crippen LogP contribution is -2.05. The van der Waals surface area contributed by atoms with E-state index in [1.165, 1.54) is 28.8 Å². The number of thiophene rings is 1. The van der Waals surface area contributed by atoms with Crippen molar-refractivity contribution in [2.24, 2.45) is 0 Å². The van der Waals surface area contributed by atoms with Gasteiger partial charge in [0.25, 0.3) is 0 Å². The summed E-state index contributed by atoms with van der Waals surface area (Å²) in [4.78, 5) is 1.18. The number of hydrogen-bond acceptors (Lipinski definition) is 4. The van der Waals surface area contributed by atoms with Crippen LogP contribution in [0.5, 0.6) is 0 Å². The molecule has 0 amide bonds. The third-order valence-corrected chi connectivity index (χ3v) is 6.88. The van der Waals surface area contributed by atoms with Crippen LogP contribution < -0.4 is 0 Å². The van der Waals surface area contributed by atoms with E-state index in [9.17, 15) is 13.2 Å². The van der Waals surface area contributed by atoms with Crippen molar-refractivity contribution in [2.45, 2.75) is 30.6 Å². The highest BCUT2D eigenvalue weighted by atomic mass is 32.2. The summed E-state index contributed by atoms with van der Waals surface area (Å²) in [5.74, 6) is 1.08. The third kappa shape index (κ3) is 4.66. The van der Waals surface area contributed by atoms with Gasteiger partial charge in [-0.25, -0.2) is 0 Å². The zero-order chi connectivity index (χ0) is 22.7. The SMILES string of the molecule is C=CCn1c(SCc2cccc(C(F)(F)F)c2)nnc1-c1csc(C)c1-c1ccccc1. The Labute approximate surface area is 192 Å². The van der Waals surface area contributed by atoms with Crippen LogP contribution in [0, 0.1) is 6.92 Å². The Morgan fingerprint density at radius 2 is 1.88 bits per heavy atom. The molecule has 0 fully saturated rings. The molecule has 0 bridgehead atoms. The Kier molecular flexibility index (Phi) is 6.53. The maximum Gasteiger partial charge on any atom is 0.416 e. The molecule has 0 saturated carbocycles. The normalized spacial score (nSPS) is 11.6. The molecule has 2 heterocycles. The van der Waals surface area contributed by atoms with Crippen molar-refractivity contribution >= 4 is 23.1 Å². The van der Waals surface area contributed by atoms with Gasteiger partial charge in [-0.2, -0.15) is 13.2 Å². The highest BCUT2D eigenvalue weighted by molar-refractivity contribution is 7.98. The first-order valence-electron chi connectivity index (χ1n) is 9.85. The second-order valence-corrected chi connectivity index (χ2v) is 9.17. The molecule has 0 aliphatic carbocycles. The predicted molar refractivity (Wildman–Crippen MR) is 125 cm³/mol. The Balaban J connectivity index is 1.66. The standard InChI is InChI=1S/C24H20F3N3S2/c1-3-12-30-22(20-15-31-16(2)21(20)18-9-5-4-6-10-18)28-29-23(30)32-14-17-8-7-11-19(13-17)24(25,26)27/h3-11,13,15H,1,12,14H2,2H3. The van der Waals surface area contributed by atoms with Crippen molar-refractivity contribution in [3.8, 4) is 22.5 Å². The summed E-state index contributed by atoms with van der Waals surface area (Å²) in [7, 11) is 0. The minimum Gasteiger partial charge on any atom is -0.298 e. The third-order valence-electron chi connectivity index (χ3n) is 4.93. The Morgan fingerprint density at radius 1 is 1.09 bits per heavy atom. The summed E-state index contributed by atoms with van der Waals surface area (Å²) in [6, 6.07) is 15.5. The summed E-state index contributed by atoms with van der Waals surface area (Å²) in [6.45, 7) is 6.42. The van der Waals surface area contributed by atoms with Crippen LogP contribution in [-0.2, 0) is 18.5 Å². The van der Waals surface area contributed by atoms with Crippen molar-refractivity contribution in [3.63, 3.8) is 0 Å². The van der Waals surface area contributed by atoms with Gasteiger partial charge in [-0.1, -0.05) is 66.4 Å². The minimum atomic E-state index is -4.36. The molecule has 2 aromatic heterocycles. The zero-order valence-corrected chi connectivity index (χ0v) is 18.9. The monoisotopic (exact) mass is 471 g/mol. The van der Waals surface area contributed by atoms with Gasteiger partial charge in [0.15, 0.2) is 11.0 Å². The molecule has 0 atom stereocenters. The quantitative estimate of drug-likeness (QED) is 0.207. The number of allylic oxidation sites excluding steroid dienone is 1. The highest BCUT2D eigenvalue weighted by Crippen LogP contribution is 2.39. The number of halogens is 3. The maximum atomic E-state index is 13.0. The van der Waals surface area contributed by atoms with Crippen LogP contribution in [0.3, 0.4) is 0 Å². The lowest BCUT2D eigenvalue weighted by atomic mass is 10.0. The molecule has 0 unspecified atom stereocenters. The Hall–Kier alpha value is -2.84. The van der Waals surface area contributed by atoms with Crippen LogP contribution in [0.25, 0.3) is 22.5 Å². The van der Waals surface area contributed by atoms with Crippen molar-refractivity contribution in [2.75, 3.05) is 0 Å². The van der Waals surface area contributed by atoms with Crippen LogP contribution in [0.15, 0.2) is 77.8 Å². The molecule has 0 saturated heterocycles. The second kappa shape index (κ2) is 9.34. The molecule has 0 spiro atoms. The molecule has 0 aliphatic heterocycles. The van der Waals surface area contributed by atoms with E-state index in [1.807, 2.05) is 22.8 Å². The number of aromatic nitrogens is 3. The van der Waals surface area contributed by atoms with Crippen LogP contribution >= 0.6 is 23.1 Å². The summed E-state index contributed by atoms with van der Waals surface area (Å²) in [5, 5.41) is 11.5. The molecule has 4 rings (SSSR count). The zero-order valence-electron chi connectivity index (χ0n) is 17.3. The molecule has 0 N–H and O–H groups in total. The van der Waals surface area contributed by atoms with E-state index in [4.69, 9.17) is 0 Å². The molecular weight excluding hydrogens is 451 g/mol.